The lowest BCUT2D eigenvalue weighted by molar-refractivity contribution is -0.154. The Balaban J connectivity index is 1.96. The van der Waals surface area contributed by atoms with Crippen LogP contribution in [0.15, 0.2) is 29.2 Å². The first-order chi connectivity index (χ1) is 14.8. The van der Waals surface area contributed by atoms with Crippen LogP contribution in [0.3, 0.4) is 0 Å². The highest BCUT2D eigenvalue weighted by atomic mass is 32.2. The van der Waals surface area contributed by atoms with Crippen LogP contribution >= 0.6 is 0 Å². The summed E-state index contributed by atoms with van der Waals surface area (Å²) in [5.74, 6) is -1.31. The van der Waals surface area contributed by atoms with Crippen molar-refractivity contribution < 1.29 is 35.9 Å². The first-order valence-electron chi connectivity index (χ1n) is 9.91. The number of hydrogen-bond donors (Lipinski definition) is 1. The van der Waals surface area contributed by atoms with Gasteiger partial charge in [0.25, 0.3) is 5.91 Å². The van der Waals surface area contributed by atoms with Gasteiger partial charge in [-0.25, -0.2) is 16.8 Å². The Bertz CT molecular complexity index is 1020. The summed E-state index contributed by atoms with van der Waals surface area (Å²) in [5.41, 5.74) is 0. The average Bonchev–Trinajstić information content (AvgIpc) is 2.75. The predicted octanol–water partition coefficient (Wildman–Crippen LogP) is -0.355. The Morgan fingerprint density at radius 3 is 2.06 bits per heavy atom. The molecule has 1 heterocycles. The van der Waals surface area contributed by atoms with Crippen molar-refractivity contribution in [1.82, 2.24) is 13.9 Å². The topological polar surface area (TPSA) is 139 Å². The third-order valence-corrected chi connectivity index (χ3v) is 7.73. The van der Waals surface area contributed by atoms with Crippen LogP contribution in [0.1, 0.15) is 13.8 Å². The van der Waals surface area contributed by atoms with E-state index < -0.39 is 50.5 Å². The quantitative estimate of drug-likeness (QED) is 0.462. The van der Waals surface area contributed by atoms with Gasteiger partial charge in [-0.2, -0.15) is 9.03 Å². The first-order valence-corrected chi connectivity index (χ1v) is 13.2. The van der Waals surface area contributed by atoms with Gasteiger partial charge in [0.15, 0.2) is 6.61 Å². The van der Waals surface area contributed by atoms with E-state index in [-0.39, 0.29) is 31.1 Å². The van der Waals surface area contributed by atoms with Gasteiger partial charge in [-0.15, -0.1) is 0 Å². The molecule has 1 aromatic carbocycles. The fourth-order valence-electron chi connectivity index (χ4n) is 3.03. The second-order valence-electron chi connectivity index (χ2n) is 7.67. The molecule has 1 fully saturated rings. The molecule has 1 atom stereocenters. The molecule has 1 aliphatic heterocycles. The summed E-state index contributed by atoms with van der Waals surface area (Å²) in [4.78, 5) is 26.2. The fraction of sp³-hybridized carbons (Fsp3) is 0.579. The number of nitrogens with one attached hydrogen (secondary N) is 1. The van der Waals surface area contributed by atoms with Crippen LogP contribution in [-0.2, 0) is 34.4 Å². The molecule has 0 bridgehead atoms. The van der Waals surface area contributed by atoms with Crippen LogP contribution in [0, 0.1) is 5.92 Å². The number of hydrogen-bond acceptors (Lipinski definition) is 8. The highest BCUT2D eigenvalue weighted by molar-refractivity contribution is 7.89. The van der Waals surface area contributed by atoms with E-state index >= 15 is 0 Å². The van der Waals surface area contributed by atoms with Gasteiger partial charge in [0.2, 0.25) is 20.0 Å². The van der Waals surface area contributed by atoms with Crippen molar-refractivity contribution in [3.63, 3.8) is 0 Å². The average molecular weight is 492 g/mol. The Labute approximate surface area is 188 Å². The van der Waals surface area contributed by atoms with E-state index in [0.29, 0.717) is 5.75 Å². The Kier molecular flexibility index (Phi) is 8.62. The van der Waals surface area contributed by atoms with E-state index in [1.54, 1.807) is 13.8 Å². The van der Waals surface area contributed by atoms with Crippen molar-refractivity contribution in [3.8, 4) is 5.75 Å². The van der Waals surface area contributed by atoms with Crippen LogP contribution in [0.4, 0.5) is 0 Å². The maximum Gasteiger partial charge on any atom is 0.324 e. The number of carbonyl (C=O) groups excluding carboxylic acids is 2. The van der Waals surface area contributed by atoms with E-state index in [2.05, 4.69) is 4.72 Å². The molecule has 1 saturated heterocycles. The van der Waals surface area contributed by atoms with E-state index in [1.807, 2.05) is 0 Å². The fourth-order valence-corrected chi connectivity index (χ4v) is 5.19. The summed E-state index contributed by atoms with van der Waals surface area (Å²) < 4.78 is 62.1. The van der Waals surface area contributed by atoms with Gasteiger partial charge >= 0.3 is 5.97 Å². The lowest BCUT2D eigenvalue weighted by Gasteiger charge is -2.33. The van der Waals surface area contributed by atoms with E-state index in [0.717, 1.165) is 6.26 Å². The number of benzene rings is 1. The van der Waals surface area contributed by atoms with Gasteiger partial charge in [0.05, 0.1) is 18.3 Å². The van der Waals surface area contributed by atoms with Crippen molar-refractivity contribution >= 4 is 31.9 Å². The maximum atomic E-state index is 12.7. The van der Waals surface area contributed by atoms with Crippen molar-refractivity contribution in [2.45, 2.75) is 24.8 Å². The highest BCUT2D eigenvalue weighted by Crippen LogP contribution is 2.17. The molecule has 0 radical (unpaired) electrons. The maximum absolute atomic E-state index is 12.7. The lowest BCUT2D eigenvalue weighted by Crippen LogP contribution is -2.51. The molecule has 32 heavy (non-hydrogen) atoms. The standard InChI is InChI=1S/C19H29N3O8S2/c1-14(2)18(20-32(27,28)16-7-5-15(29-3)6-8-16)19(24)30-13-17(23)21-9-11-22(12-10-21)31(4,25)26/h5-8,14,18,20H,9-13H2,1-4H3/t18-/m0/s1. The van der Waals surface area contributed by atoms with Gasteiger partial charge in [0, 0.05) is 26.2 Å². The third kappa shape index (κ3) is 6.89. The Hall–Kier alpha value is -2.22. The predicted molar refractivity (Wildman–Crippen MR) is 116 cm³/mol. The number of amides is 1. The molecule has 13 heteroatoms. The van der Waals surface area contributed by atoms with Crippen molar-refractivity contribution in [3.05, 3.63) is 24.3 Å². The molecule has 1 aliphatic rings. The minimum Gasteiger partial charge on any atom is -0.497 e. The smallest absolute Gasteiger partial charge is 0.324 e. The normalized spacial score (nSPS) is 16.6. The molecule has 1 N–H and O–H groups in total. The molecule has 0 aromatic heterocycles. The Morgan fingerprint density at radius 1 is 1.03 bits per heavy atom. The molecular weight excluding hydrogens is 462 g/mol. The number of sulfonamides is 2. The summed E-state index contributed by atoms with van der Waals surface area (Å²) in [5, 5.41) is 0. The van der Waals surface area contributed by atoms with Gasteiger partial charge in [-0.05, 0) is 30.2 Å². The van der Waals surface area contributed by atoms with Gasteiger partial charge in [-0.1, -0.05) is 13.8 Å². The lowest BCUT2D eigenvalue weighted by atomic mass is 10.1. The second kappa shape index (κ2) is 10.6. The molecule has 11 nitrogen and oxygen atoms in total. The van der Waals surface area contributed by atoms with E-state index in [9.17, 15) is 26.4 Å². The van der Waals surface area contributed by atoms with Crippen molar-refractivity contribution in [2.24, 2.45) is 5.92 Å². The number of piperazine rings is 1. The minimum absolute atomic E-state index is 0.0448. The van der Waals surface area contributed by atoms with Crippen molar-refractivity contribution in [1.29, 1.82) is 0 Å². The van der Waals surface area contributed by atoms with E-state index in [1.165, 1.54) is 40.6 Å². The SMILES string of the molecule is COc1ccc(S(=O)(=O)N[C@H](C(=O)OCC(=O)N2CCN(S(C)(=O)=O)CC2)C(C)C)cc1. The van der Waals surface area contributed by atoms with Crippen molar-refractivity contribution in [2.75, 3.05) is 46.2 Å². The summed E-state index contributed by atoms with van der Waals surface area (Å²) >= 11 is 0. The number of rotatable bonds is 9. The molecule has 0 saturated carbocycles. The summed E-state index contributed by atoms with van der Waals surface area (Å²) in [6.45, 7) is 3.42. The van der Waals surface area contributed by atoms with Crippen LogP contribution in [-0.4, -0.2) is 90.1 Å². The molecule has 0 spiro atoms. The minimum atomic E-state index is -4.02. The molecule has 0 unspecified atom stereocenters. The molecule has 1 amide bonds. The summed E-state index contributed by atoms with van der Waals surface area (Å²) in [6, 6.07) is 4.48. The number of nitrogens with zero attached hydrogens (tertiary/aromatic N) is 2. The Morgan fingerprint density at radius 2 is 1.59 bits per heavy atom. The first kappa shape index (κ1) is 26.0. The number of esters is 1. The molecule has 2 rings (SSSR count). The van der Waals surface area contributed by atoms with Crippen LogP contribution in [0.25, 0.3) is 0 Å². The van der Waals surface area contributed by atoms with Crippen LogP contribution in [0.2, 0.25) is 0 Å². The largest absolute Gasteiger partial charge is 0.497 e. The van der Waals surface area contributed by atoms with E-state index in [4.69, 9.17) is 9.47 Å². The number of carbonyl (C=O) groups is 2. The molecular formula is C19H29N3O8S2. The molecule has 1 aromatic rings. The zero-order valence-electron chi connectivity index (χ0n) is 18.5. The third-order valence-electron chi connectivity index (χ3n) is 4.97. The zero-order valence-corrected chi connectivity index (χ0v) is 20.1. The van der Waals surface area contributed by atoms with Crippen LogP contribution < -0.4 is 9.46 Å². The van der Waals surface area contributed by atoms with Crippen LogP contribution in [0.5, 0.6) is 5.75 Å². The highest BCUT2D eigenvalue weighted by Gasteiger charge is 2.31. The number of ether oxygens (including phenoxy) is 2. The molecule has 0 aliphatic carbocycles. The number of methoxy groups -OCH3 is 1. The summed E-state index contributed by atoms with van der Waals surface area (Å²) in [7, 11) is -5.89. The molecule has 180 valence electrons. The zero-order chi connectivity index (χ0) is 24.1. The second-order valence-corrected chi connectivity index (χ2v) is 11.4. The van der Waals surface area contributed by atoms with Gasteiger partial charge in [-0.3, -0.25) is 9.59 Å². The summed E-state index contributed by atoms with van der Waals surface area (Å²) in [6.07, 6.45) is 1.10. The van der Waals surface area contributed by atoms with Gasteiger partial charge in [0.1, 0.15) is 11.8 Å². The monoisotopic (exact) mass is 491 g/mol. The van der Waals surface area contributed by atoms with Gasteiger partial charge < -0.3 is 14.4 Å².